The zero-order valence-corrected chi connectivity index (χ0v) is 18.5. The summed E-state index contributed by atoms with van der Waals surface area (Å²) in [6, 6.07) is 21.7. The van der Waals surface area contributed by atoms with E-state index < -0.39 is 0 Å². The Morgan fingerprint density at radius 2 is 1.75 bits per heavy atom. The maximum Gasteiger partial charge on any atom is 0.262 e. The molecule has 0 spiro atoms. The van der Waals surface area contributed by atoms with E-state index in [1.54, 1.807) is 4.57 Å². The Labute approximate surface area is 189 Å². The minimum atomic E-state index is -0.0866. The van der Waals surface area contributed by atoms with Crippen molar-refractivity contribution in [1.82, 2.24) is 14.6 Å². The van der Waals surface area contributed by atoms with Crippen LogP contribution in [0.3, 0.4) is 0 Å². The molecule has 0 aliphatic carbocycles. The summed E-state index contributed by atoms with van der Waals surface area (Å²) < 4.78 is 1.64. The van der Waals surface area contributed by atoms with Gasteiger partial charge in [-0.25, -0.2) is 9.99 Å². The molecule has 1 aromatic heterocycles. The van der Waals surface area contributed by atoms with Gasteiger partial charge in [0.05, 0.1) is 28.9 Å². The predicted molar refractivity (Wildman–Crippen MR) is 129 cm³/mol. The lowest BCUT2D eigenvalue weighted by Crippen LogP contribution is -2.27. The first-order valence-electron chi connectivity index (χ1n) is 10.6. The van der Waals surface area contributed by atoms with Gasteiger partial charge in [-0.3, -0.25) is 14.2 Å². The maximum atomic E-state index is 13.1. The monoisotopic (exact) mass is 442 g/mol. The minimum Gasteiger partial charge on any atom is -0.287 e. The number of carbonyl (C=O) groups is 1. The molecule has 6 nitrogen and oxygen atoms in total. The molecule has 3 aromatic carbocycles. The Balaban J connectivity index is 1.40. The van der Waals surface area contributed by atoms with E-state index >= 15 is 0 Å². The van der Waals surface area contributed by atoms with E-state index in [0.717, 1.165) is 28.5 Å². The second-order valence-corrected chi connectivity index (χ2v) is 8.57. The minimum absolute atomic E-state index is 0.0799. The van der Waals surface area contributed by atoms with Crippen molar-refractivity contribution in [3.63, 3.8) is 0 Å². The van der Waals surface area contributed by atoms with Crippen LogP contribution in [0.4, 0.5) is 0 Å². The molecule has 160 valence electrons. The maximum absolute atomic E-state index is 13.1. The Bertz CT molecular complexity index is 1410. The Hall–Kier alpha value is -3.45. The van der Waals surface area contributed by atoms with E-state index in [0.29, 0.717) is 29.1 Å². The van der Waals surface area contributed by atoms with Gasteiger partial charge >= 0.3 is 0 Å². The largest absolute Gasteiger partial charge is 0.287 e. The van der Waals surface area contributed by atoms with Gasteiger partial charge in [0.25, 0.3) is 11.5 Å². The van der Waals surface area contributed by atoms with Gasteiger partial charge in [-0.05, 0) is 35.4 Å². The first kappa shape index (κ1) is 20.5. The molecule has 1 amide bonds. The third kappa shape index (κ3) is 3.80. The number of rotatable bonds is 5. The van der Waals surface area contributed by atoms with Crippen LogP contribution < -0.4 is 5.56 Å². The standard InChI is InChI=1S/C25H22N4O2S/c1-2-28-24(31)20-14-18-10-6-7-11-19(18)15-22(20)26-25(28)32-16-23(30)29-13-12-21(27-29)17-8-4-3-5-9-17/h3-11,14-15H,2,12-13,16H2,1H3. The van der Waals surface area contributed by atoms with Gasteiger partial charge in [-0.15, -0.1) is 0 Å². The molecule has 1 aliphatic rings. The second-order valence-electron chi connectivity index (χ2n) is 7.63. The lowest BCUT2D eigenvalue weighted by atomic mass is 10.1. The number of carbonyl (C=O) groups excluding carboxylic acids is 1. The third-order valence-corrected chi connectivity index (χ3v) is 6.59. The van der Waals surface area contributed by atoms with Crippen molar-refractivity contribution < 1.29 is 4.79 Å². The number of hydrogen-bond donors (Lipinski definition) is 0. The average Bonchev–Trinajstić information content (AvgIpc) is 3.33. The zero-order valence-electron chi connectivity index (χ0n) is 17.7. The summed E-state index contributed by atoms with van der Waals surface area (Å²) in [4.78, 5) is 30.7. The summed E-state index contributed by atoms with van der Waals surface area (Å²) in [6.45, 7) is 2.98. The number of amides is 1. The number of aromatic nitrogens is 2. The van der Waals surface area contributed by atoms with Crippen molar-refractivity contribution in [2.45, 2.75) is 25.0 Å². The number of fused-ring (bicyclic) bond motifs is 2. The fourth-order valence-corrected chi connectivity index (χ4v) is 4.88. The summed E-state index contributed by atoms with van der Waals surface area (Å²) in [5.41, 5.74) is 2.53. The quantitative estimate of drug-likeness (QED) is 0.263. The number of hydrogen-bond acceptors (Lipinski definition) is 5. The van der Waals surface area contributed by atoms with E-state index in [2.05, 4.69) is 5.10 Å². The molecule has 0 saturated heterocycles. The van der Waals surface area contributed by atoms with Gasteiger partial charge in [0.15, 0.2) is 5.16 Å². The topological polar surface area (TPSA) is 67.6 Å². The number of nitrogens with zero attached hydrogens (tertiary/aromatic N) is 4. The van der Waals surface area contributed by atoms with Crippen LogP contribution in [0, 0.1) is 0 Å². The van der Waals surface area contributed by atoms with Crippen LogP contribution in [0.15, 0.2) is 81.8 Å². The first-order valence-corrected chi connectivity index (χ1v) is 11.6. The van der Waals surface area contributed by atoms with Crippen molar-refractivity contribution in [2.75, 3.05) is 12.3 Å². The van der Waals surface area contributed by atoms with Crippen LogP contribution in [0.2, 0.25) is 0 Å². The SMILES string of the molecule is CCn1c(SCC(=O)N2CCC(c3ccccc3)=N2)nc2cc3ccccc3cc2c1=O. The Morgan fingerprint density at radius 1 is 1.03 bits per heavy atom. The van der Waals surface area contributed by atoms with Gasteiger partial charge in [0.2, 0.25) is 0 Å². The van der Waals surface area contributed by atoms with E-state index in [1.807, 2.05) is 73.7 Å². The predicted octanol–water partition coefficient (Wildman–Crippen LogP) is 4.30. The van der Waals surface area contributed by atoms with Crippen molar-refractivity contribution in [3.05, 3.63) is 82.6 Å². The van der Waals surface area contributed by atoms with Crippen LogP contribution in [0.25, 0.3) is 21.7 Å². The van der Waals surface area contributed by atoms with Crippen molar-refractivity contribution in [1.29, 1.82) is 0 Å². The smallest absolute Gasteiger partial charge is 0.262 e. The molecule has 1 aliphatic heterocycles. The van der Waals surface area contributed by atoms with Gasteiger partial charge in [0, 0.05) is 13.0 Å². The molecule has 0 bridgehead atoms. The summed E-state index contributed by atoms with van der Waals surface area (Å²) in [5.74, 6) is 0.0910. The van der Waals surface area contributed by atoms with Crippen LogP contribution in [-0.4, -0.2) is 38.5 Å². The zero-order chi connectivity index (χ0) is 22.1. The van der Waals surface area contributed by atoms with Crippen LogP contribution >= 0.6 is 11.8 Å². The molecular weight excluding hydrogens is 420 g/mol. The molecule has 0 radical (unpaired) electrons. The molecule has 0 N–H and O–H groups in total. The summed E-state index contributed by atoms with van der Waals surface area (Å²) >= 11 is 1.29. The lowest BCUT2D eigenvalue weighted by Gasteiger charge is -2.14. The van der Waals surface area contributed by atoms with E-state index in [4.69, 9.17) is 4.98 Å². The normalized spacial score (nSPS) is 13.7. The Morgan fingerprint density at radius 3 is 2.50 bits per heavy atom. The van der Waals surface area contributed by atoms with Crippen molar-refractivity contribution >= 4 is 45.1 Å². The first-order chi connectivity index (χ1) is 15.6. The molecule has 4 aromatic rings. The number of hydrazone groups is 1. The fraction of sp³-hybridized carbons (Fsp3) is 0.200. The van der Waals surface area contributed by atoms with E-state index in [-0.39, 0.29) is 17.2 Å². The fourth-order valence-electron chi connectivity index (χ4n) is 3.95. The molecular formula is C25H22N4O2S. The highest BCUT2D eigenvalue weighted by Gasteiger charge is 2.22. The molecule has 0 atom stereocenters. The van der Waals surface area contributed by atoms with Crippen LogP contribution in [-0.2, 0) is 11.3 Å². The van der Waals surface area contributed by atoms with Crippen LogP contribution in [0.1, 0.15) is 18.9 Å². The summed E-state index contributed by atoms with van der Waals surface area (Å²) in [6.07, 6.45) is 0.737. The molecule has 0 fully saturated rings. The van der Waals surface area contributed by atoms with Gasteiger partial charge in [-0.2, -0.15) is 5.10 Å². The number of benzene rings is 3. The third-order valence-electron chi connectivity index (χ3n) is 5.62. The van der Waals surface area contributed by atoms with Gasteiger partial charge in [0.1, 0.15) is 0 Å². The molecule has 0 saturated carbocycles. The molecule has 2 heterocycles. The molecule has 7 heteroatoms. The van der Waals surface area contributed by atoms with E-state index in [9.17, 15) is 9.59 Å². The van der Waals surface area contributed by atoms with Gasteiger partial charge < -0.3 is 0 Å². The lowest BCUT2D eigenvalue weighted by molar-refractivity contribution is -0.127. The second kappa shape index (κ2) is 8.59. The molecule has 5 rings (SSSR count). The summed E-state index contributed by atoms with van der Waals surface area (Å²) in [7, 11) is 0. The highest BCUT2D eigenvalue weighted by atomic mass is 32.2. The highest BCUT2D eigenvalue weighted by Crippen LogP contribution is 2.23. The number of thioether (sulfide) groups is 1. The van der Waals surface area contributed by atoms with Crippen molar-refractivity contribution in [2.24, 2.45) is 5.10 Å². The molecule has 0 unspecified atom stereocenters. The van der Waals surface area contributed by atoms with Gasteiger partial charge in [-0.1, -0.05) is 66.4 Å². The Kier molecular flexibility index (Phi) is 5.49. The highest BCUT2D eigenvalue weighted by molar-refractivity contribution is 7.99. The average molecular weight is 443 g/mol. The summed E-state index contributed by atoms with van der Waals surface area (Å²) in [5, 5.41) is 9.24. The van der Waals surface area contributed by atoms with Crippen LogP contribution in [0.5, 0.6) is 0 Å². The van der Waals surface area contributed by atoms with E-state index in [1.165, 1.54) is 16.8 Å². The molecule has 32 heavy (non-hydrogen) atoms. The van der Waals surface area contributed by atoms with Crippen molar-refractivity contribution in [3.8, 4) is 0 Å².